The molecule has 4 heterocycles. The predicted octanol–water partition coefficient (Wildman–Crippen LogP) is 5.08. The van der Waals surface area contributed by atoms with E-state index in [1.165, 1.54) is 62.5 Å². The molecule has 5 N–H and O–H groups in total. The maximum absolute atomic E-state index is 14.1. The van der Waals surface area contributed by atoms with Crippen molar-refractivity contribution in [3.05, 3.63) is 90.5 Å². The van der Waals surface area contributed by atoms with Crippen LogP contribution in [0.4, 0.5) is 31.4 Å². The fourth-order valence-corrected chi connectivity index (χ4v) is 9.42. The van der Waals surface area contributed by atoms with Gasteiger partial charge in [0.1, 0.15) is 31.9 Å². The first-order valence-electron chi connectivity index (χ1n) is 25.0. The Morgan fingerprint density at radius 2 is 1.18 bits per heavy atom. The first-order chi connectivity index (χ1) is 36.5. The standard InChI is InChI=1S/C53H65N7O16/c1-8-21-74-51(67)56-44(30(3)4)46(62)54-31(5)45(61)55-33-17-15-32(16-18-33)29-76-53(69)60-39-28-43(41(71-7)26-35(39)48(64)58-20-11-14-37(58)50(60)66)73-24-12-23-72-42-27-38-34(25-40(42)70-6)47(63)57-19-10-13-36(57)49(65)59(38)52(68)75-22-9-2/h8-9,15-18,25-28,30-31,36-37,44,49-50,65-66H,1-2,10-14,19-24,29H2,3-7H3,(H,54,62)(H,55,61)(H,56,67)/t31-,36-,37-,44-,49-,50-/m0/s1. The summed E-state index contributed by atoms with van der Waals surface area (Å²) in [6, 6.07) is 8.81. The average Bonchev–Trinajstić information content (AvgIpc) is 4.11. The van der Waals surface area contributed by atoms with Gasteiger partial charge in [-0.15, -0.1) is 0 Å². The van der Waals surface area contributed by atoms with Gasteiger partial charge in [-0.1, -0.05) is 51.3 Å². The number of rotatable bonds is 20. The highest BCUT2D eigenvalue weighted by atomic mass is 16.6. The number of ether oxygens (including phenoxy) is 7. The van der Waals surface area contributed by atoms with Gasteiger partial charge >= 0.3 is 18.3 Å². The number of aliphatic hydroxyl groups excluding tert-OH is 2. The number of anilines is 3. The minimum absolute atomic E-state index is 0.0146. The minimum Gasteiger partial charge on any atom is -0.493 e. The Morgan fingerprint density at radius 1 is 0.684 bits per heavy atom. The molecule has 0 saturated carbocycles. The molecule has 23 nitrogen and oxygen atoms in total. The molecule has 0 bridgehead atoms. The van der Waals surface area contributed by atoms with Crippen LogP contribution in [-0.4, -0.2) is 152 Å². The third-order valence-corrected chi connectivity index (χ3v) is 13.3. The Labute approximate surface area is 439 Å². The number of aliphatic hydroxyl groups is 2. The molecule has 6 atom stereocenters. The van der Waals surface area contributed by atoms with Crippen LogP contribution >= 0.6 is 0 Å². The molecule has 7 amide bonds. The average molecular weight is 1060 g/mol. The van der Waals surface area contributed by atoms with Gasteiger partial charge < -0.3 is 69.1 Å². The molecule has 23 heteroatoms. The second-order valence-corrected chi connectivity index (χ2v) is 18.7. The predicted molar refractivity (Wildman–Crippen MR) is 274 cm³/mol. The number of alkyl carbamates (subject to hydrolysis) is 1. The van der Waals surface area contributed by atoms with E-state index in [1.807, 2.05) is 0 Å². The quantitative estimate of drug-likeness (QED) is 0.0561. The molecule has 0 radical (unpaired) electrons. The van der Waals surface area contributed by atoms with Gasteiger partial charge in [-0.2, -0.15) is 0 Å². The maximum atomic E-state index is 14.1. The van der Waals surface area contributed by atoms with Crippen molar-refractivity contribution in [1.82, 2.24) is 20.4 Å². The molecule has 4 aliphatic rings. The summed E-state index contributed by atoms with van der Waals surface area (Å²) in [4.78, 5) is 98.7. The Hall–Kier alpha value is -8.05. The van der Waals surface area contributed by atoms with Gasteiger partial charge in [0, 0.05) is 37.3 Å². The van der Waals surface area contributed by atoms with Crippen molar-refractivity contribution >= 4 is 59.0 Å². The maximum Gasteiger partial charge on any atom is 0.416 e. The summed E-state index contributed by atoms with van der Waals surface area (Å²) < 4.78 is 39.6. The zero-order valence-electron chi connectivity index (χ0n) is 43.1. The van der Waals surface area contributed by atoms with Crippen LogP contribution in [0.2, 0.25) is 0 Å². The second-order valence-electron chi connectivity index (χ2n) is 18.7. The van der Waals surface area contributed by atoms with Gasteiger partial charge in [-0.25, -0.2) is 24.2 Å². The van der Waals surface area contributed by atoms with Gasteiger partial charge in [0.2, 0.25) is 11.8 Å². The van der Waals surface area contributed by atoms with Gasteiger partial charge in [0.05, 0.1) is 62.0 Å². The Morgan fingerprint density at radius 3 is 1.67 bits per heavy atom. The first-order valence-corrected chi connectivity index (χ1v) is 25.0. The molecular formula is C53H65N7O16. The van der Waals surface area contributed by atoms with Crippen molar-refractivity contribution in [2.45, 2.75) is 96.1 Å². The zero-order valence-corrected chi connectivity index (χ0v) is 43.1. The van der Waals surface area contributed by atoms with Crippen molar-refractivity contribution < 1.29 is 76.9 Å². The lowest BCUT2D eigenvalue weighted by atomic mass is 10.0. The van der Waals surface area contributed by atoms with Gasteiger partial charge in [0.15, 0.2) is 35.5 Å². The molecule has 0 aromatic heterocycles. The monoisotopic (exact) mass is 1060 g/mol. The molecule has 76 heavy (non-hydrogen) atoms. The van der Waals surface area contributed by atoms with Crippen molar-refractivity contribution in [2.24, 2.45) is 5.92 Å². The van der Waals surface area contributed by atoms with E-state index >= 15 is 0 Å². The van der Waals surface area contributed by atoms with Crippen LogP contribution in [0.1, 0.15) is 79.2 Å². The van der Waals surface area contributed by atoms with E-state index in [4.69, 9.17) is 33.2 Å². The highest BCUT2D eigenvalue weighted by Gasteiger charge is 2.47. The third-order valence-electron chi connectivity index (χ3n) is 13.3. The molecule has 0 spiro atoms. The molecule has 3 aromatic rings. The molecular weight excluding hydrogens is 991 g/mol. The number of hydrogen-bond donors (Lipinski definition) is 5. The molecule has 0 aliphatic carbocycles. The van der Waals surface area contributed by atoms with Crippen molar-refractivity contribution in [2.75, 3.05) is 68.9 Å². The van der Waals surface area contributed by atoms with Crippen LogP contribution in [0, 0.1) is 5.92 Å². The SMILES string of the molecule is C=CCOC(=O)N[C@H](C(=O)N[C@@H](C)C(=O)Nc1ccc(COC(=O)N2c3cc(OCCCOc4cc5c(cc4OC)C(=O)N4CCC[C@H]4[C@H](O)N5C(=O)OCC=C)c(OC)cc3C(=O)N3CCC[C@H]3[C@@H]2O)cc1)C(C)C. The Balaban J connectivity index is 1.01. The lowest BCUT2D eigenvalue weighted by Crippen LogP contribution is -2.53. The van der Waals surface area contributed by atoms with E-state index in [-0.39, 0.29) is 96.8 Å². The third kappa shape index (κ3) is 12.2. The lowest BCUT2D eigenvalue weighted by molar-refractivity contribution is -0.128. The molecule has 7 rings (SSSR count). The largest absolute Gasteiger partial charge is 0.493 e. The van der Waals surface area contributed by atoms with E-state index in [2.05, 4.69) is 29.1 Å². The summed E-state index contributed by atoms with van der Waals surface area (Å²) in [5.41, 5.74) is 1.19. The number of carbonyl (C=O) groups excluding carboxylic acids is 7. The highest BCUT2D eigenvalue weighted by molar-refractivity contribution is 6.07. The lowest BCUT2D eigenvalue weighted by Gasteiger charge is -2.31. The summed E-state index contributed by atoms with van der Waals surface area (Å²) in [6.07, 6.45) is -0.368. The normalized spacial score (nSPS) is 19.3. The summed E-state index contributed by atoms with van der Waals surface area (Å²) in [5, 5.41) is 31.1. The number of carbonyl (C=O) groups is 7. The molecule has 3 aromatic carbocycles. The fraction of sp³-hybridized carbons (Fsp3) is 0.453. The van der Waals surface area contributed by atoms with Crippen LogP contribution < -0.4 is 44.7 Å². The summed E-state index contributed by atoms with van der Waals surface area (Å²) in [6.45, 7) is 12.4. The topological polar surface area (TPSA) is 274 Å². The van der Waals surface area contributed by atoms with Gasteiger partial charge in [-0.3, -0.25) is 19.2 Å². The zero-order chi connectivity index (χ0) is 54.8. The van der Waals surface area contributed by atoms with Crippen LogP contribution in [0.25, 0.3) is 0 Å². The first kappa shape index (κ1) is 55.7. The Kier molecular flexibility index (Phi) is 18.3. The summed E-state index contributed by atoms with van der Waals surface area (Å²) in [5.74, 6) is -1.56. The number of benzene rings is 3. The van der Waals surface area contributed by atoms with E-state index in [9.17, 15) is 43.8 Å². The van der Waals surface area contributed by atoms with Crippen molar-refractivity contribution in [3.63, 3.8) is 0 Å². The second kappa shape index (κ2) is 25.0. The van der Waals surface area contributed by atoms with E-state index in [0.717, 1.165) is 9.80 Å². The number of methoxy groups -OCH3 is 2. The van der Waals surface area contributed by atoms with E-state index in [1.54, 1.807) is 43.0 Å². The fourth-order valence-electron chi connectivity index (χ4n) is 9.42. The van der Waals surface area contributed by atoms with Crippen LogP contribution in [0.5, 0.6) is 23.0 Å². The minimum atomic E-state index is -1.50. The highest BCUT2D eigenvalue weighted by Crippen LogP contribution is 2.43. The molecule has 4 aliphatic heterocycles. The number of hydrogen-bond acceptors (Lipinski definition) is 16. The smallest absolute Gasteiger partial charge is 0.416 e. The van der Waals surface area contributed by atoms with Crippen molar-refractivity contribution in [3.8, 4) is 23.0 Å². The van der Waals surface area contributed by atoms with Crippen molar-refractivity contribution in [1.29, 1.82) is 0 Å². The van der Waals surface area contributed by atoms with Gasteiger partial charge in [-0.05, 0) is 68.4 Å². The molecule has 2 fully saturated rings. The molecule has 0 unspecified atom stereocenters. The number of nitrogens with zero attached hydrogens (tertiary/aromatic N) is 4. The molecule has 408 valence electrons. The molecule has 2 saturated heterocycles. The van der Waals surface area contributed by atoms with E-state index < -0.39 is 72.6 Å². The number of fused-ring (bicyclic) bond motifs is 4. The van der Waals surface area contributed by atoms with Crippen LogP contribution in [0.15, 0.2) is 73.8 Å². The van der Waals surface area contributed by atoms with Crippen LogP contribution in [-0.2, 0) is 30.4 Å². The van der Waals surface area contributed by atoms with E-state index in [0.29, 0.717) is 50.0 Å². The summed E-state index contributed by atoms with van der Waals surface area (Å²) in [7, 11) is 2.81. The number of nitrogens with one attached hydrogen (secondary N) is 3. The van der Waals surface area contributed by atoms with Gasteiger partial charge in [0.25, 0.3) is 11.8 Å². The Bertz CT molecular complexity index is 2680. The number of amides is 7. The van der Waals surface area contributed by atoms with Crippen LogP contribution in [0.3, 0.4) is 0 Å². The summed E-state index contributed by atoms with van der Waals surface area (Å²) >= 11 is 0.